The van der Waals surface area contributed by atoms with Gasteiger partial charge in [-0.3, -0.25) is 9.11 Å². The van der Waals surface area contributed by atoms with Gasteiger partial charge in [-0.1, -0.05) is 117 Å². The summed E-state index contributed by atoms with van der Waals surface area (Å²) in [5.74, 6) is 0. The van der Waals surface area contributed by atoms with Gasteiger partial charge in [0, 0.05) is 0 Å². The molecule has 0 spiro atoms. The van der Waals surface area contributed by atoms with Crippen molar-refractivity contribution in [1.82, 2.24) is 0 Å². The van der Waals surface area contributed by atoms with Gasteiger partial charge in [-0.15, -0.1) is 0 Å². The van der Waals surface area contributed by atoms with Gasteiger partial charge in [-0.2, -0.15) is 16.8 Å². The summed E-state index contributed by atoms with van der Waals surface area (Å²) >= 11 is 0. The van der Waals surface area contributed by atoms with Crippen LogP contribution in [0.15, 0.2) is 0 Å². The Morgan fingerprint density at radius 1 is 0.500 bits per heavy atom. The zero-order valence-electron chi connectivity index (χ0n) is 20.0. The standard InChI is InChI=1S/C22H46O8S2/c1-3-5-7-9-11-13-15-17-19-21(29-31(23,24)25)22(30-32(26,27)28)20-18-16-14-12-10-8-6-4-2/h21-22H,3-20H2,1-2H3,(H,23,24,25)(H,26,27,28). The smallest absolute Gasteiger partial charge is 0.264 e. The van der Waals surface area contributed by atoms with E-state index in [1.165, 1.54) is 38.5 Å². The first-order valence-corrected chi connectivity index (χ1v) is 15.1. The lowest BCUT2D eigenvalue weighted by atomic mass is 9.99. The van der Waals surface area contributed by atoms with Gasteiger partial charge in [0.15, 0.2) is 0 Å². The Hall–Kier alpha value is -0.260. The first-order chi connectivity index (χ1) is 15.1. The summed E-state index contributed by atoms with van der Waals surface area (Å²) in [6.07, 6.45) is 14.7. The lowest BCUT2D eigenvalue weighted by Gasteiger charge is -2.24. The Labute approximate surface area is 196 Å². The van der Waals surface area contributed by atoms with Crippen LogP contribution in [0.5, 0.6) is 0 Å². The lowest BCUT2D eigenvalue weighted by Crippen LogP contribution is -2.35. The van der Waals surface area contributed by atoms with Gasteiger partial charge in [-0.05, 0) is 12.8 Å². The minimum atomic E-state index is -4.79. The average Bonchev–Trinajstić information content (AvgIpc) is 2.68. The summed E-state index contributed by atoms with van der Waals surface area (Å²) in [6.45, 7) is 4.32. The summed E-state index contributed by atoms with van der Waals surface area (Å²) in [4.78, 5) is 0. The highest BCUT2D eigenvalue weighted by atomic mass is 32.3. The van der Waals surface area contributed by atoms with Crippen LogP contribution in [0.4, 0.5) is 0 Å². The second kappa shape index (κ2) is 19.1. The van der Waals surface area contributed by atoms with E-state index in [-0.39, 0.29) is 12.8 Å². The van der Waals surface area contributed by atoms with Crippen LogP contribution in [-0.4, -0.2) is 38.1 Å². The topological polar surface area (TPSA) is 127 Å². The summed E-state index contributed by atoms with van der Waals surface area (Å²) in [5.41, 5.74) is 0. The van der Waals surface area contributed by atoms with Crippen LogP contribution >= 0.6 is 0 Å². The molecule has 0 amide bonds. The second-order valence-corrected chi connectivity index (χ2v) is 10.7. The van der Waals surface area contributed by atoms with E-state index in [0.717, 1.165) is 51.4 Å². The quantitative estimate of drug-likeness (QED) is 0.121. The second-order valence-electron chi connectivity index (χ2n) is 8.65. The van der Waals surface area contributed by atoms with Gasteiger partial charge < -0.3 is 0 Å². The van der Waals surface area contributed by atoms with E-state index in [0.29, 0.717) is 12.8 Å². The molecule has 2 N–H and O–H groups in total. The van der Waals surface area contributed by atoms with E-state index in [1.54, 1.807) is 0 Å². The Bertz CT molecular complexity index is 578. The molecule has 2 unspecified atom stereocenters. The molecule has 0 aromatic rings. The molecule has 0 aliphatic rings. The molecule has 0 aromatic carbocycles. The van der Waals surface area contributed by atoms with Gasteiger partial charge in [0.2, 0.25) is 0 Å². The van der Waals surface area contributed by atoms with E-state index in [2.05, 4.69) is 13.8 Å². The fourth-order valence-electron chi connectivity index (χ4n) is 3.86. The fraction of sp³-hybridized carbons (Fsp3) is 1.00. The largest absolute Gasteiger partial charge is 0.397 e. The van der Waals surface area contributed by atoms with E-state index in [9.17, 15) is 16.8 Å². The van der Waals surface area contributed by atoms with Crippen molar-refractivity contribution < 1.29 is 34.3 Å². The van der Waals surface area contributed by atoms with Crippen LogP contribution in [-0.2, 0) is 29.2 Å². The Kier molecular flexibility index (Phi) is 18.9. The molecule has 194 valence electrons. The van der Waals surface area contributed by atoms with Crippen LogP contribution < -0.4 is 0 Å². The van der Waals surface area contributed by atoms with Crippen molar-refractivity contribution in [3.8, 4) is 0 Å². The highest BCUT2D eigenvalue weighted by molar-refractivity contribution is 7.81. The summed E-state index contributed by atoms with van der Waals surface area (Å²) in [5, 5.41) is 0. The van der Waals surface area contributed by atoms with Crippen molar-refractivity contribution in [2.45, 2.75) is 142 Å². The molecule has 10 heteroatoms. The molecule has 0 aliphatic heterocycles. The van der Waals surface area contributed by atoms with Crippen molar-refractivity contribution in [2.75, 3.05) is 0 Å². The Morgan fingerprint density at radius 3 is 1.00 bits per heavy atom. The fourth-order valence-corrected chi connectivity index (χ4v) is 4.93. The molecule has 0 bridgehead atoms. The predicted octanol–water partition coefficient (Wildman–Crippen LogP) is 6.42. The lowest BCUT2D eigenvalue weighted by molar-refractivity contribution is 0.0331. The molecule has 2 atom stereocenters. The van der Waals surface area contributed by atoms with E-state index < -0.39 is 33.0 Å². The normalized spacial score (nSPS) is 14.5. The maximum atomic E-state index is 11.3. The number of hydrogen-bond acceptors (Lipinski definition) is 6. The minimum Gasteiger partial charge on any atom is -0.264 e. The zero-order chi connectivity index (χ0) is 24.3. The maximum Gasteiger partial charge on any atom is 0.397 e. The molecule has 0 radical (unpaired) electrons. The number of hydrogen-bond donors (Lipinski definition) is 2. The van der Waals surface area contributed by atoms with Crippen LogP contribution in [0.2, 0.25) is 0 Å². The molecule has 0 heterocycles. The van der Waals surface area contributed by atoms with E-state index >= 15 is 0 Å². The molecule has 0 aromatic heterocycles. The minimum absolute atomic E-state index is 0.214. The van der Waals surface area contributed by atoms with Gasteiger partial charge in [0.05, 0.1) is 0 Å². The van der Waals surface area contributed by atoms with E-state index in [4.69, 9.17) is 17.5 Å². The third-order valence-electron chi connectivity index (χ3n) is 5.59. The zero-order valence-corrected chi connectivity index (χ0v) is 21.7. The highest BCUT2D eigenvalue weighted by Gasteiger charge is 2.30. The summed E-state index contributed by atoms with van der Waals surface area (Å²) in [7, 11) is -9.57. The third-order valence-corrected chi connectivity index (χ3v) is 6.57. The number of unbranched alkanes of at least 4 members (excludes halogenated alkanes) is 14. The summed E-state index contributed by atoms with van der Waals surface area (Å²) in [6, 6.07) is 0. The van der Waals surface area contributed by atoms with Crippen molar-refractivity contribution in [1.29, 1.82) is 0 Å². The summed E-state index contributed by atoms with van der Waals surface area (Å²) < 4.78 is 73.1. The van der Waals surface area contributed by atoms with Crippen molar-refractivity contribution in [3.63, 3.8) is 0 Å². The third kappa shape index (κ3) is 21.6. The van der Waals surface area contributed by atoms with Crippen molar-refractivity contribution >= 4 is 20.8 Å². The highest BCUT2D eigenvalue weighted by Crippen LogP contribution is 2.22. The van der Waals surface area contributed by atoms with E-state index in [1.807, 2.05) is 0 Å². The predicted molar refractivity (Wildman–Crippen MR) is 127 cm³/mol. The van der Waals surface area contributed by atoms with Crippen molar-refractivity contribution in [2.24, 2.45) is 0 Å². The average molecular weight is 503 g/mol. The van der Waals surface area contributed by atoms with Gasteiger partial charge in [0.25, 0.3) is 0 Å². The first kappa shape index (κ1) is 31.7. The molecule has 0 fully saturated rings. The Morgan fingerprint density at radius 2 is 0.750 bits per heavy atom. The molecule has 0 saturated carbocycles. The molecule has 0 aliphatic carbocycles. The van der Waals surface area contributed by atoms with Crippen LogP contribution in [0.3, 0.4) is 0 Å². The molecule has 0 saturated heterocycles. The number of rotatable bonds is 23. The first-order valence-electron chi connectivity index (χ1n) is 12.4. The van der Waals surface area contributed by atoms with Gasteiger partial charge in [-0.25, -0.2) is 8.37 Å². The molecular formula is C22H46O8S2. The van der Waals surface area contributed by atoms with Crippen LogP contribution in [0, 0.1) is 0 Å². The van der Waals surface area contributed by atoms with Gasteiger partial charge in [0.1, 0.15) is 12.2 Å². The van der Waals surface area contributed by atoms with Gasteiger partial charge >= 0.3 is 20.8 Å². The van der Waals surface area contributed by atoms with Crippen molar-refractivity contribution in [3.05, 3.63) is 0 Å². The van der Waals surface area contributed by atoms with Crippen LogP contribution in [0.1, 0.15) is 129 Å². The molecular weight excluding hydrogens is 456 g/mol. The molecule has 0 rings (SSSR count). The molecule has 32 heavy (non-hydrogen) atoms. The molecule has 8 nitrogen and oxygen atoms in total. The maximum absolute atomic E-state index is 11.3. The SMILES string of the molecule is CCCCCCCCCCC(OS(=O)(=O)O)C(CCCCCCCCCC)OS(=O)(=O)O. The monoisotopic (exact) mass is 502 g/mol. The van der Waals surface area contributed by atoms with Crippen LogP contribution in [0.25, 0.3) is 0 Å². The Balaban J connectivity index is 4.66.